The van der Waals surface area contributed by atoms with Gasteiger partial charge in [-0.15, -0.1) is 12.4 Å². The van der Waals surface area contributed by atoms with Gasteiger partial charge in [-0.3, -0.25) is 9.59 Å². The van der Waals surface area contributed by atoms with Gasteiger partial charge in [0.15, 0.2) is 0 Å². The third kappa shape index (κ3) is 7.61. The van der Waals surface area contributed by atoms with Crippen LogP contribution in [-0.4, -0.2) is 78.9 Å². The van der Waals surface area contributed by atoms with Crippen LogP contribution in [-0.2, 0) is 4.79 Å². The Bertz CT molecular complexity index is 751. The van der Waals surface area contributed by atoms with Gasteiger partial charge in [-0.1, -0.05) is 32.1 Å². The van der Waals surface area contributed by atoms with E-state index in [2.05, 4.69) is 4.90 Å². The van der Waals surface area contributed by atoms with Crippen molar-refractivity contribution in [2.75, 3.05) is 52.4 Å². The number of hydrogen-bond donors (Lipinski definition) is 0. The number of likely N-dealkylation sites (tertiary alicyclic amines) is 1. The van der Waals surface area contributed by atoms with Gasteiger partial charge in [-0.05, 0) is 69.5 Å². The van der Waals surface area contributed by atoms with Gasteiger partial charge < -0.3 is 19.4 Å². The molecule has 3 aliphatic rings. The van der Waals surface area contributed by atoms with E-state index in [0.717, 1.165) is 31.6 Å². The number of benzene rings is 1. The fourth-order valence-corrected chi connectivity index (χ4v) is 5.45. The van der Waals surface area contributed by atoms with Crippen molar-refractivity contribution in [1.29, 1.82) is 0 Å². The molecule has 0 N–H and O–H groups in total. The Morgan fingerprint density at radius 2 is 1.35 bits per heavy atom. The maximum atomic E-state index is 12.9. The Balaban J connectivity index is 0.00000324. The molecule has 0 radical (unpaired) electrons. The third-order valence-corrected chi connectivity index (χ3v) is 7.52. The van der Waals surface area contributed by atoms with Crippen molar-refractivity contribution in [1.82, 2.24) is 14.7 Å². The van der Waals surface area contributed by atoms with Crippen LogP contribution in [0.25, 0.3) is 0 Å². The van der Waals surface area contributed by atoms with E-state index in [9.17, 15) is 9.59 Å². The maximum absolute atomic E-state index is 12.9. The highest BCUT2D eigenvalue weighted by molar-refractivity contribution is 5.94. The minimum atomic E-state index is 0. The quantitative estimate of drug-likeness (QED) is 0.412. The van der Waals surface area contributed by atoms with Gasteiger partial charge in [0.25, 0.3) is 5.91 Å². The zero-order valence-electron chi connectivity index (χ0n) is 20.6. The SMILES string of the molecule is Cl.O=C(c1ccc(OCCCN2CCCCC2)cc1)N1CCN(C(=O)C2CCCCCC2)CC1. The summed E-state index contributed by atoms with van der Waals surface area (Å²) in [5.74, 6) is 1.38. The van der Waals surface area contributed by atoms with Crippen LogP contribution in [0.2, 0.25) is 0 Å². The highest BCUT2D eigenvalue weighted by Crippen LogP contribution is 2.25. The van der Waals surface area contributed by atoms with E-state index in [1.54, 1.807) is 0 Å². The Hall–Kier alpha value is -1.79. The summed E-state index contributed by atoms with van der Waals surface area (Å²) >= 11 is 0. The molecule has 6 nitrogen and oxygen atoms in total. The van der Waals surface area contributed by atoms with Gasteiger partial charge >= 0.3 is 0 Å². The second-order valence-corrected chi connectivity index (χ2v) is 9.93. The number of halogens is 1. The molecule has 0 spiro atoms. The lowest BCUT2D eigenvalue weighted by Crippen LogP contribution is -2.52. The maximum Gasteiger partial charge on any atom is 0.253 e. The summed E-state index contributed by atoms with van der Waals surface area (Å²) in [6.45, 7) is 6.79. The van der Waals surface area contributed by atoms with Crippen LogP contribution in [0.1, 0.15) is 74.6 Å². The first kappa shape index (κ1) is 26.8. The van der Waals surface area contributed by atoms with Crippen LogP contribution in [0.3, 0.4) is 0 Å². The monoisotopic (exact) mass is 491 g/mol. The van der Waals surface area contributed by atoms with E-state index >= 15 is 0 Å². The molecule has 1 saturated carbocycles. The molecule has 1 aromatic carbocycles. The van der Waals surface area contributed by atoms with Crippen molar-refractivity contribution in [2.24, 2.45) is 5.92 Å². The molecule has 1 aliphatic carbocycles. The standard InChI is InChI=1S/C27H41N3O3.ClH/c31-26(23-9-4-1-2-5-10-23)29-18-20-30(21-19-29)27(32)24-11-13-25(14-12-24)33-22-8-17-28-15-6-3-7-16-28;/h11-14,23H,1-10,15-22H2;1H. The molecule has 34 heavy (non-hydrogen) atoms. The molecule has 0 bridgehead atoms. The second kappa shape index (κ2) is 13.9. The largest absolute Gasteiger partial charge is 0.494 e. The van der Waals surface area contributed by atoms with Crippen LogP contribution in [0.5, 0.6) is 5.75 Å². The predicted octanol–water partition coefficient (Wildman–Crippen LogP) is 4.62. The van der Waals surface area contributed by atoms with Crippen molar-refractivity contribution in [3.63, 3.8) is 0 Å². The van der Waals surface area contributed by atoms with E-state index in [1.807, 2.05) is 34.1 Å². The number of nitrogens with zero attached hydrogens (tertiary/aromatic N) is 3. The zero-order chi connectivity index (χ0) is 22.9. The average Bonchev–Trinajstić information content (AvgIpc) is 3.17. The highest BCUT2D eigenvalue weighted by atomic mass is 35.5. The molecule has 1 aromatic rings. The van der Waals surface area contributed by atoms with E-state index < -0.39 is 0 Å². The van der Waals surface area contributed by atoms with Crippen molar-refractivity contribution < 1.29 is 14.3 Å². The smallest absolute Gasteiger partial charge is 0.253 e. The number of piperidine rings is 1. The number of hydrogen-bond acceptors (Lipinski definition) is 4. The molecular weight excluding hydrogens is 450 g/mol. The molecule has 4 rings (SSSR count). The molecule has 2 amide bonds. The van der Waals surface area contributed by atoms with Crippen molar-refractivity contribution in [3.8, 4) is 5.75 Å². The lowest BCUT2D eigenvalue weighted by atomic mass is 9.98. The Kier molecular flexibility index (Phi) is 11.0. The van der Waals surface area contributed by atoms with Crippen molar-refractivity contribution in [2.45, 2.75) is 64.2 Å². The zero-order valence-corrected chi connectivity index (χ0v) is 21.4. The molecule has 0 atom stereocenters. The molecule has 0 unspecified atom stereocenters. The molecule has 0 aromatic heterocycles. The molecule has 190 valence electrons. The second-order valence-electron chi connectivity index (χ2n) is 9.93. The van der Waals surface area contributed by atoms with Crippen LogP contribution in [0.4, 0.5) is 0 Å². The van der Waals surface area contributed by atoms with Crippen molar-refractivity contribution in [3.05, 3.63) is 29.8 Å². The summed E-state index contributed by atoms with van der Waals surface area (Å²) in [5.41, 5.74) is 0.694. The predicted molar refractivity (Wildman–Crippen MR) is 138 cm³/mol. The molecule has 3 fully saturated rings. The Morgan fingerprint density at radius 1 is 0.765 bits per heavy atom. The first-order chi connectivity index (χ1) is 16.2. The summed E-state index contributed by atoms with van der Waals surface area (Å²) < 4.78 is 5.89. The lowest BCUT2D eigenvalue weighted by molar-refractivity contribution is -0.137. The number of rotatable bonds is 7. The fraction of sp³-hybridized carbons (Fsp3) is 0.704. The summed E-state index contributed by atoms with van der Waals surface area (Å²) in [6.07, 6.45) is 12.0. The molecule has 2 saturated heterocycles. The summed E-state index contributed by atoms with van der Waals surface area (Å²) in [6, 6.07) is 7.54. The number of carbonyl (C=O) groups is 2. The minimum Gasteiger partial charge on any atom is -0.494 e. The molecular formula is C27H42ClN3O3. The van der Waals surface area contributed by atoms with Gasteiger partial charge in [0, 0.05) is 44.2 Å². The van der Waals surface area contributed by atoms with E-state index in [0.29, 0.717) is 44.3 Å². The van der Waals surface area contributed by atoms with E-state index in [4.69, 9.17) is 4.74 Å². The minimum absolute atomic E-state index is 0. The van der Waals surface area contributed by atoms with Crippen LogP contribution in [0.15, 0.2) is 24.3 Å². The number of carbonyl (C=O) groups excluding carboxylic acids is 2. The normalized spacial score (nSPS) is 20.4. The fourth-order valence-electron chi connectivity index (χ4n) is 5.45. The van der Waals surface area contributed by atoms with Crippen molar-refractivity contribution >= 4 is 24.2 Å². The third-order valence-electron chi connectivity index (χ3n) is 7.52. The summed E-state index contributed by atoms with van der Waals surface area (Å²) in [4.78, 5) is 32.2. The Morgan fingerprint density at radius 3 is 2.00 bits per heavy atom. The van der Waals surface area contributed by atoms with Gasteiger partial charge in [-0.2, -0.15) is 0 Å². The van der Waals surface area contributed by atoms with Crippen LogP contribution < -0.4 is 4.74 Å². The van der Waals surface area contributed by atoms with Gasteiger partial charge in [0.2, 0.25) is 5.91 Å². The highest BCUT2D eigenvalue weighted by Gasteiger charge is 2.29. The molecule has 2 heterocycles. The summed E-state index contributed by atoms with van der Waals surface area (Å²) in [7, 11) is 0. The number of amides is 2. The average molecular weight is 492 g/mol. The van der Waals surface area contributed by atoms with Crippen LogP contribution in [0, 0.1) is 5.92 Å². The first-order valence-corrected chi connectivity index (χ1v) is 13.2. The van der Waals surface area contributed by atoms with Gasteiger partial charge in [0.05, 0.1) is 6.61 Å². The topological polar surface area (TPSA) is 53.1 Å². The molecule has 2 aliphatic heterocycles. The van der Waals surface area contributed by atoms with Gasteiger partial charge in [0.1, 0.15) is 5.75 Å². The Labute approximate surface area is 211 Å². The number of ether oxygens (including phenoxy) is 1. The van der Waals surface area contributed by atoms with Crippen LogP contribution >= 0.6 is 12.4 Å². The van der Waals surface area contributed by atoms with E-state index in [1.165, 1.54) is 58.0 Å². The summed E-state index contributed by atoms with van der Waals surface area (Å²) in [5, 5.41) is 0. The van der Waals surface area contributed by atoms with Gasteiger partial charge in [-0.25, -0.2) is 0 Å². The number of piperazine rings is 1. The lowest BCUT2D eigenvalue weighted by Gasteiger charge is -2.36. The first-order valence-electron chi connectivity index (χ1n) is 13.2. The van der Waals surface area contributed by atoms with E-state index in [-0.39, 0.29) is 24.2 Å². The molecule has 7 heteroatoms.